The van der Waals surface area contributed by atoms with Gasteiger partial charge in [0, 0.05) is 45.2 Å². The van der Waals surface area contributed by atoms with Crippen LogP contribution in [-0.4, -0.2) is 68.5 Å². The van der Waals surface area contributed by atoms with E-state index < -0.39 is 12.1 Å². The summed E-state index contributed by atoms with van der Waals surface area (Å²) >= 11 is 0. The number of allylic oxidation sites excluding steroid dienone is 2. The lowest BCUT2D eigenvalue weighted by atomic mass is 9.97. The highest BCUT2D eigenvalue weighted by atomic mass is 16.3. The third-order valence-electron chi connectivity index (χ3n) is 6.93. The summed E-state index contributed by atoms with van der Waals surface area (Å²) in [5.74, 6) is 0.468. The van der Waals surface area contributed by atoms with Crippen molar-refractivity contribution < 1.29 is 15.0 Å². The fourth-order valence-corrected chi connectivity index (χ4v) is 4.88. The molecule has 0 aliphatic heterocycles. The number of benzene rings is 1. The molecule has 0 radical (unpaired) electrons. The topological polar surface area (TPSA) is 90.6 Å². The van der Waals surface area contributed by atoms with E-state index in [1.165, 1.54) is 0 Å². The van der Waals surface area contributed by atoms with Gasteiger partial charge in [0.05, 0.1) is 30.8 Å². The van der Waals surface area contributed by atoms with E-state index in [-0.39, 0.29) is 30.4 Å². The van der Waals surface area contributed by atoms with Crippen LogP contribution < -0.4 is 5.32 Å². The molecule has 1 heterocycles. The van der Waals surface area contributed by atoms with Crippen LogP contribution in [0.25, 0.3) is 0 Å². The first-order valence-corrected chi connectivity index (χ1v) is 12.9. The minimum Gasteiger partial charge on any atom is -0.395 e. The van der Waals surface area contributed by atoms with Crippen LogP contribution in [0.2, 0.25) is 0 Å². The Balaban J connectivity index is 1.72. The zero-order chi connectivity index (χ0) is 25.2. The average molecular weight is 483 g/mol. The molecule has 0 bridgehead atoms. The number of carbonyl (C=O) groups excluding carboxylic acids is 1. The maximum absolute atomic E-state index is 12.9. The third kappa shape index (κ3) is 8.60. The predicted octanol–water partition coefficient (Wildman–Crippen LogP) is 2.73. The molecule has 1 aromatic carbocycles. The Labute approximate surface area is 209 Å². The SMILES string of the molecule is CC(C)C(CO)N(CCc1cn(C)cn1)CC(O)C(Cc1ccccc1)NC(=O)C[C@H]1C=CCC1. The number of hydrogen-bond donors (Lipinski definition) is 3. The van der Waals surface area contributed by atoms with Gasteiger partial charge in [-0.05, 0) is 36.7 Å². The van der Waals surface area contributed by atoms with Gasteiger partial charge < -0.3 is 20.1 Å². The molecule has 0 saturated carbocycles. The van der Waals surface area contributed by atoms with Crippen LogP contribution in [0, 0.1) is 11.8 Å². The van der Waals surface area contributed by atoms with Crippen molar-refractivity contribution in [3.05, 3.63) is 66.3 Å². The maximum atomic E-state index is 12.9. The second-order valence-electron chi connectivity index (χ2n) is 10.2. The van der Waals surface area contributed by atoms with E-state index in [9.17, 15) is 15.0 Å². The molecule has 192 valence electrons. The van der Waals surface area contributed by atoms with Crippen molar-refractivity contribution >= 4 is 5.91 Å². The van der Waals surface area contributed by atoms with E-state index in [0.717, 1.165) is 30.5 Å². The van der Waals surface area contributed by atoms with E-state index in [1.54, 1.807) is 6.33 Å². The van der Waals surface area contributed by atoms with Gasteiger partial charge in [-0.15, -0.1) is 0 Å². The second-order valence-corrected chi connectivity index (χ2v) is 10.2. The molecule has 2 aromatic rings. The fourth-order valence-electron chi connectivity index (χ4n) is 4.88. The second kappa shape index (κ2) is 13.6. The number of amides is 1. The van der Waals surface area contributed by atoms with Crippen LogP contribution >= 0.6 is 0 Å². The standard InChI is InChI=1S/C28H42N4O3/c1-21(2)26(19-33)32(14-13-24-17-31(3)20-29-24)18-27(34)25(15-22-9-5-4-6-10-22)30-28(35)16-23-11-7-8-12-23/h4-7,9-11,17,20-21,23,25-27,33-34H,8,12-16,18-19H2,1-3H3,(H,30,35)/t23-,25?,26?,27?/m0/s1. The number of carbonyl (C=O) groups is 1. The van der Waals surface area contributed by atoms with Crippen molar-refractivity contribution in [2.45, 2.75) is 64.1 Å². The number of rotatable bonds is 14. The van der Waals surface area contributed by atoms with Crippen LogP contribution in [0.15, 0.2) is 55.0 Å². The summed E-state index contributed by atoms with van der Waals surface area (Å²) in [5.41, 5.74) is 2.05. The highest BCUT2D eigenvalue weighted by Gasteiger charge is 2.29. The smallest absolute Gasteiger partial charge is 0.220 e. The quantitative estimate of drug-likeness (QED) is 0.360. The molecule has 0 fully saturated rings. The van der Waals surface area contributed by atoms with Crippen molar-refractivity contribution in [3.8, 4) is 0 Å². The highest BCUT2D eigenvalue weighted by molar-refractivity contribution is 5.77. The van der Waals surface area contributed by atoms with Crippen LogP contribution in [0.1, 0.15) is 44.4 Å². The molecule has 3 N–H and O–H groups in total. The monoisotopic (exact) mass is 482 g/mol. The molecule has 7 heteroatoms. The summed E-state index contributed by atoms with van der Waals surface area (Å²) in [6, 6.07) is 9.45. The van der Waals surface area contributed by atoms with Gasteiger partial charge in [-0.25, -0.2) is 4.98 Å². The summed E-state index contributed by atoms with van der Waals surface area (Å²) in [5, 5.41) is 24.7. The lowest BCUT2D eigenvalue weighted by Gasteiger charge is -2.36. The van der Waals surface area contributed by atoms with Gasteiger partial charge in [0.25, 0.3) is 0 Å². The molecule has 35 heavy (non-hydrogen) atoms. The van der Waals surface area contributed by atoms with Gasteiger partial charge >= 0.3 is 0 Å². The predicted molar refractivity (Wildman–Crippen MR) is 139 cm³/mol. The zero-order valence-electron chi connectivity index (χ0n) is 21.4. The average Bonchev–Trinajstić information content (AvgIpc) is 3.49. The number of imidazole rings is 1. The van der Waals surface area contributed by atoms with Crippen LogP contribution in [0.5, 0.6) is 0 Å². The van der Waals surface area contributed by atoms with Gasteiger partial charge in [0.1, 0.15) is 0 Å². The number of aryl methyl sites for hydroxylation is 1. The fraction of sp³-hybridized carbons (Fsp3) is 0.571. The summed E-state index contributed by atoms with van der Waals surface area (Å²) in [7, 11) is 1.95. The number of hydrogen-bond acceptors (Lipinski definition) is 5. The molecule has 1 amide bonds. The van der Waals surface area contributed by atoms with E-state index in [1.807, 2.05) is 48.1 Å². The Morgan fingerprint density at radius 3 is 2.66 bits per heavy atom. The van der Waals surface area contributed by atoms with Gasteiger partial charge in [0.15, 0.2) is 0 Å². The van der Waals surface area contributed by atoms with Crippen LogP contribution in [-0.2, 0) is 24.7 Å². The lowest BCUT2D eigenvalue weighted by Crippen LogP contribution is -2.53. The van der Waals surface area contributed by atoms with E-state index in [4.69, 9.17) is 0 Å². The third-order valence-corrected chi connectivity index (χ3v) is 6.93. The molecule has 0 spiro atoms. The molecular formula is C28H42N4O3. The molecule has 4 atom stereocenters. The summed E-state index contributed by atoms with van der Waals surface area (Å²) in [6.07, 6.45) is 11.0. The Bertz CT molecular complexity index is 927. The van der Waals surface area contributed by atoms with E-state index in [2.05, 4.69) is 41.2 Å². The highest BCUT2D eigenvalue weighted by Crippen LogP contribution is 2.21. The first kappa shape index (κ1) is 27.1. The van der Waals surface area contributed by atoms with E-state index >= 15 is 0 Å². The van der Waals surface area contributed by atoms with Crippen LogP contribution in [0.4, 0.5) is 0 Å². The van der Waals surface area contributed by atoms with Gasteiger partial charge in [-0.3, -0.25) is 9.69 Å². The summed E-state index contributed by atoms with van der Waals surface area (Å²) < 4.78 is 1.92. The number of aromatic nitrogens is 2. The molecule has 1 aliphatic carbocycles. The molecule has 3 rings (SSSR count). The zero-order valence-corrected chi connectivity index (χ0v) is 21.4. The summed E-state index contributed by atoms with van der Waals surface area (Å²) in [6.45, 7) is 5.20. The van der Waals surface area contributed by atoms with Crippen molar-refractivity contribution in [2.75, 3.05) is 19.7 Å². The molecule has 1 aromatic heterocycles. The number of aliphatic hydroxyl groups excluding tert-OH is 2. The lowest BCUT2D eigenvalue weighted by molar-refractivity contribution is -0.123. The number of nitrogens with zero attached hydrogens (tertiary/aromatic N) is 3. The van der Waals surface area contributed by atoms with Gasteiger partial charge in [0.2, 0.25) is 5.91 Å². The van der Waals surface area contributed by atoms with Crippen LogP contribution in [0.3, 0.4) is 0 Å². The molecular weight excluding hydrogens is 440 g/mol. The van der Waals surface area contributed by atoms with Crippen molar-refractivity contribution in [3.63, 3.8) is 0 Å². The Kier molecular flexibility index (Phi) is 10.5. The van der Waals surface area contributed by atoms with Crippen molar-refractivity contribution in [1.82, 2.24) is 19.8 Å². The van der Waals surface area contributed by atoms with Crippen molar-refractivity contribution in [2.24, 2.45) is 18.9 Å². The Morgan fingerprint density at radius 2 is 2.06 bits per heavy atom. The Hall–Kier alpha value is -2.48. The number of nitrogens with one attached hydrogen (secondary N) is 1. The molecule has 3 unspecified atom stereocenters. The number of aliphatic hydroxyl groups is 2. The van der Waals surface area contributed by atoms with Gasteiger partial charge in [-0.1, -0.05) is 56.3 Å². The molecule has 0 saturated heterocycles. The first-order chi connectivity index (χ1) is 16.9. The molecule has 1 aliphatic rings. The first-order valence-electron chi connectivity index (χ1n) is 12.9. The Morgan fingerprint density at radius 1 is 1.29 bits per heavy atom. The minimum atomic E-state index is -0.783. The molecule has 7 nitrogen and oxygen atoms in total. The van der Waals surface area contributed by atoms with Crippen molar-refractivity contribution in [1.29, 1.82) is 0 Å². The van der Waals surface area contributed by atoms with E-state index in [0.29, 0.717) is 25.9 Å². The largest absolute Gasteiger partial charge is 0.395 e. The minimum absolute atomic E-state index is 0.0102. The summed E-state index contributed by atoms with van der Waals surface area (Å²) in [4.78, 5) is 19.5. The van der Waals surface area contributed by atoms with Gasteiger partial charge in [-0.2, -0.15) is 0 Å². The normalized spacial score (nSPS) is 18.2. The maximum Gasteiger partial charge on any atom is 0.220 e.